The molecule has 1 saturated carbocycles. The summed E-state index contributed by atoms with van der Waals surface area (Å²) in [6.07, 6.45) is 4.02. The molecule has 28 heavy (non-hydrogen) atoms. The molecule has 0 radical (unpaired) electrons. The normalized spacial score (nSPS) is 20.5. The van der Waals surface area contributed by atoms with Gasteiger partial charge < -0.3 is 10.2 Å². The third kappa shape index (κ3) is 9.30. The fourth-order valence-electron chi connectivity index (χ4n) is 3.74. The molecule has 3 atom stereocenters. The molecular weight excluding hydrogens is 344 g/mol. The molecule has 2 aromatic carbocycles. The molecule has 0 spiro atoms. The van der Waals surface area contributed by atoms with Gasteiger partial charge in [-0.1, -0.05) is 85.2 Å². The van der Waals surface area contributed by atoms with Gasteiger partial charge in [0.25, 0.3) is 0 Å². The van der Waals surface area contributed by atoms with Gasteiger partial charge >= 0.3 is 0 Å². The van der Waals surface area contributed by atoms with Crippen LogP contribution >= 0.6 is 0 Å². The van der Waals surface area contributed by atoms with Gasteiger partial charge in [-0.05, 0) is 66.3 Å². The summed E-state index contributed by atoms with van der Waals surface area (Å²) in [5.41, 5.74) is 1.41. The summed E-state index contributed by atoms with van der Waals surface area (Å²) in [6.45, 7) is 15.0. The van der Waals surface area contributed by atoms with E-state index in [0.29, 0.717) is 17.4 Å². The van der Waals surface area contributed by atoms with Crippen molar-refractivity contribution in [2.45, 2.75) is 73.6 Å². The number of hydrogen-bond acceptors (Lipinski definition) is 2. The Labute approximate surface area is 173 Å². The van der Waals surface area contributed by atoms with Crippen LogP contribution in [-0.4, -0.2) is 10.2 Å². The number of hydrogen-bond donors (Lipinski definition) is 2. The SMILES string of the molecule is CC.CC.CC1CCC(C(C)C)C(c2ccc(O)cc2)C1.Oc1ccccc1. The lowest BCUT2D eigenvalue weighted by atomic mass is 9.68. The molecule has 1 aliphatic carbocycles. The molecule has 0 saturated heterocycles. The van der Waals surface area contributed by atoms with E-state index in [4.69, 9.17) is 5.11 Å². The minimum Gasteiger partial charge on any atom is -0.508 e. The largest absolute Gasteiger partial charge is 0.508 e. The van der Waals surface area contributed by atoms with E-state index in [9.17, 15) is 5.11 Å². The molecule has 0 bridgehead atoms. The minimum absolute atomic E-state index is 0.322. The Morgan fingerprint density at radius 3 is 1.68 bits per heavy atom. The maximum Gasteiger partial charge on any atom is 0.115 e. The van der Waals surface area contributed by atoms with Gasteiger partial charge in [-0.25, -0.2) is 0 Å². The summed E-state index contributed by atoms with van der Waals surface area (Å²) < 4.78 is 0. The predicted octanol–water partition coefficient (Wildman–Crippen LogP) is 8.01. The Bertz CT molecular complexity index is 590. The highest BCUT2D eigenvalue weighted by Gasteiger charge is 2.31. The van der Waals surface area contributed by atoms with Crippen molar-refractivity contribution in [2.24, 2.45) is 17.8 Å². The summed E-state index contributed by atoms with van der Waals surface area (Å²) in [7, 11) is 0. The zero-order valence-corrected chi connectivity index (χ0v) is 19.0. The standard InChI is InChI=1S/C16H24O.C6H6O.2C2H6/c1-11(2)15-9-4-12(3)10-16(15)13-5-7-14(17)8-6-13;7-6-4-2-1-3-5-6;2*1-2/h5-8,11-12,15-17H,4,9-10H2,1-3H3;1-5,7H;2*1-2H3. The molecule has 2 heteroatoms. The molecule has 3 rings (SSSR count). The van der Waals surface area contributed by atoms with Crippen molar-refractivity contribution in [1.29, 1.82) is 0 Å². The van der Waals surface area contributed by atoms with Crippen LogP contribution in [0.2, 0.25) is 0 Å². The maximum absolute atomic E-state index is 9.38. The molecule has 0 heterocycles. The monoisotopic (exact) mass is 386 g/mol. The summed E-state index contributed by atoms with van der Waals surface area (Å²) in [5, 5.41) is 18.0. The molecule has 158 valence electrons. The molecule has 0 aromatic heterocycles. The van der Waals surface area contributed by atoms with Crippen LogP contribution in [0.15, 0.2) is 54.6 Å². The van der Waals surface area contributed by atoms with E-state index in [1.807, 2.05) is 45.9 Å². The molecule has 3 unspecified atom stereocenters. The molecule has 0 aliphatic heterocycles. The number of aromatic hydroxyl groups is 2. The van der Waals surface area contributed by atoms with Gasteiger partial charge in [-0.3, -0.25) is 0 Å². The van der Waals surface area contributed by atoms with Crippen molar-refractivity contribution in [3.8, 4) is 11.5 Å². The van der Waals surface area contributed by atoms with Gasteiger partial charge in [0, 0.05) is 0 Å². The fraction of sp³-hybridized carbons (Fsp3) is 0.538. The number of para-hydroxylation sites is 1. The Morgan fingerprint density at radius 2 is 1.25 bits per heavy atom. The van der Waals surface area contributed by atoms with E-state index in [0.717, 1.165) is 17.8 Å². The van der Waals surface area contributed by atoms with Gasteiger partial charge in [0.15, 0.2) is 0 Å². The van der Waals surface area contributed by atoms with E-state index in [1.54, 1.807) is 24.3 Å². The lowest BCUT2D eigenvalue weighted by Gasteiger charge is -2.37. The molecule has 1 aliphatic rings. The van der Waals surface area contributed by atoms with Crippen LogP contribution in [0.4, 0.5) is 0 Å². The van der Waals surface area contributed by atoms with Crippen molar-refractivity contribution in [2.75, 3.05) is 0 Å². The van der Waals surface area contributed by atoms with Gasteiger partial charge in [0.2, 0.25) is 0 Å². The highest BCUT2D eigenvalue weighted by molar-refractivity contribution is 5.29. The first-order valence-electron chi connectivity index (χ1n) is 11.0. The van der Waals surface area contributed by atoms with Crippen molar-refractivity contribution in [1.82, 2.24) is 0 Å². The molecular formula is C26H42O2. The second-order valence-corrected chi connectivity index (χ2v) is 7.36. The van der Waals surface area contributed by atoms with E-state index in [1.165, 1.54) is 24.8 Å². The summed E-state index contributed by atoms with van der Waals surface area (Å²) >= 11 is 0. The zero-order valence-electron chi connectivity index (χ0n) is 19.0. The molecule has 1 fully saturated rings. The van der Waals surface area contributed by atoms with Gasteiger partial charge in [0.05, 0.1) is 0 Å². The Hall–Kier alpha value is -1.96. The lowest BCUT2D eigenvalue weighted by molar-refractivity contribution is 0.197. The van der Waals surface area contributed by atoms with Crippen molar-refractivity contribution in [3.63, 3.8) is 0 Å². The minimum atomic E-state index is 0.322. The zero-order chi connectivity index (χ0) is 21.5. The van der Waals surface area contributed by atoms with Crippen LogP contribution in [0.25, 0.3) is 0 Å². The van der Waals surface area contributed by atoms with Crippen LogP contribution in [0.3, 0.4) is 0 Å². The van der Waals surface area contributed by atoms with Gasteiger partial charge in [0.1, 0.15) is 11.5 Å². The van der Waals surface area contributed by atoms with Crippen molar-refractivity contribution in [3.05, 3.63) is 60.2 Å². The number of rotatable bonds is 2. The maximum atomic E-state index is 9.38. The van der Waals surface area contributed by atoms with Crippen LogP contribution in [0.5, 0.6) is 11.5 Å². The highest BCUT2D eigenvalue weighted by atomic mass is 16.3. The van der Waals surface area contributed by atoms with Crippen LogP contribution in [0.1, 0.15) is 79.2 Å². The molecule has 2 N–H and O–H groups in total. The highest BCUT2D eigenvalue weighted by Crippen LogP contribution is 2.44. The fourth-order valence-corrected chi connectivity index (χ4v) is 3.74. The Morgan fingerprint density at radius 1 is 0.750 bits per heavy atom. The number of benzene rings is 2. The van der Waals surface area contributed by atoms with Crippen LogP contribution < -0.4 is 0 Å². The summed E-state index contributed by atoms with van der Waals surface area (Å²) in [5.74, 6) is 3.77. The van der Waals surface area contributed by atoms with Crippen LogP contribution in [-0.2, 0) is 0 Å². The second-order valence-electron chi connectivity index (χ2n) is 7.36. The first-order valence-corrected chi connectivity index (χ1v) is 11.0. The van der Waals surface area contributed by atoms with E-state index in [2.05, 4.69) is 32.9 Å². The molecule has 2 aromatic rings. The van der Waals surface area contributed by atoms with Gasteiger partial charge in [-0.2, -0.15) is 0 Å². The number of phenols is 2. The predicted molar refractivity (Wildman–Crippen MR) is 123 cm³/mol. The second kappa shape index (κ2) is 15.0. The van der Waals surface area contributed by atoms with Crippen molar-refractivity contribution >= 4 is 0 Å². The van der Waals surface area contributed by atoms with E-state index >= 15 is 0 Å². The first-order chi connectivity index (χ1) is 13.5. The van der Waals surface area contributed by atoms with E-state index < -0.39 is 0 Å². The summed E-state index contributed by atoms with van der Waals surface area (Å²) in [6, 6.07) is 16.6. The quantitative estimate of drug-likeness (QED) is 0.548. The summed E-state index contributed by atoms with van der Waals surface area (Å²) in [4.78, 5) is 0. The average molecular weight is 387 g/mol. The van der Waals surface area contributed by atoms with Gasteiger partial charge in [-0.15, -0.1) is 0 Å². The number of phenolic OH excluding ortho intramolecular Hbond substituents is 2. The van der Waals surface area contributed by atoms with E-state index in [-0.39, 0.29) is 0 Å². The molecule has 0 amide bonds. The smallest absolute Gasteiger partial charge is 0.115 e. The third-order valence-corrected chi connectivity index (χ3v) is 5.10. The molecule has 2 nitrogen and oxygen atoms in total. The Kier molecular flexibility index (Phi) is 14.0. The first kappa shape index (κ1) is 26.0. The topological polar surface area (TPSA) is 40.5 Å². The Balaban J connectivity index is 0.000000553. The van der Waals surface area contributed by atoms with Crippen molar-refractivity contribution < 1.29 is 10.2 Å². The van der Waals surface area contributed by atoms with Crippen LogP contribution in [0, 0.1) is 17.8 Å². The third-order valence-electron chi connectivity index (χ3n) is 5.10. The lowest BCUT2D eigenvalue weighted by Crippen LogP contribution is -2.26. The average Bonchev–Trinajstić information content (AvgIpc) is 2.72.